The molecule has 2 N–H and O–H groups in total. The molecule has 0 amide bonds. The van der Waals surface area contributed by atoms with Gasteiger partial charge < -0.3 is 33.9 Å². The number of aliphatic hydroxyl groups is 2. The van der Waals surface area contributed by atoms with Gasteiger partial charge in [0.2, 0.25) is 11.7 Å². The Morgan fingerprint density at radius 1 is 1.08 bits per heavy atom. The predicted octanol–water partition coefficient (Wildman–Crippen LogP) is 0.356. The molecule has 0 aromatic carbocycles. The first-order valence-corrected chi connectivity index (χ1v) is 13.3. The number of Topliss-reactive ketones (excluding diaryl/α,β-unsaturated/α-hetero) is 1. The van der Waals surface area contributed by atoms with Crippen molar-refractivity contribution in [3.8, 4) is 0 Å². The van der Waals surface area contributed by atoms with Gasteiger partial charge in [-0.25, -0.2) is 9.59 Å². The summed E-state index contributed by atoms with van der Waals surface area (Å²) in [7, 11) is 1.09. The molecule has 2 saturated heterocycles. The number of hydrogen-bond donors (Lipinski definition) is 2. The summed E-state index contributed by atoms with van der Waals surface area (Å²) in [5.41, 5.74) is -4.07. The normalized spacial score (nSPS) is 44.1. The van der Waals surface area contributed by atoms with Gasteiger partial charge in [0.05, 0.1) is 25.7 Å². The van der Waals surface area contributed by atoms with Crippen molar-refractivity contribution in [1.82, 2.24) is 0 Å². The molecule has 2 bridgehead atoms. The Balaban J connectivity index is 1.72. The van der Waals surface area contributed by atoms with Gasteiger partial charge in [0.25, 0.3) is 0 Å². The van der Waals surface area contributed by atoms with Crippen LogP contribution in [0.25, 0.3) is 0 Å². The first-order valence-electron chi connectivity index (χ1n) is 13.3. The molecular weight excluding hydrogens is 516 g/mol. The van der Waals surface area contributed by atoms with Crippen molar-refractivity contribution >= 4 is 29.7 Å². The zero-order chi connectivity index (χ0) is 28.7. The lowest BCUT2D eigenvalue weighted by Crippen LogP contribution is -2.79. The number of esters is 4. The van der Waals surface area contributed by atoms with Crippen LogP contribution in [-0.4, -0.2) is 83.6 Å². The number of carbonyl (C=O) groups is 5. The molecule has 39 heavy (non-hydrogen) atoms. The predicted molar refractivity (Wildman–Crippen MR) is 127 cm³/mol. The smallest absolute Gasteiger partial charge is 0.348 e. The second-order valence-electron chi connectivity index (χ2n) is 11.5. The molecule has 10 atom stereocenters. The van der Waals surface area contributed by atoms with Crippen LogP contribution in [0.4, 0.5) is 0 Å². The minimum atomic E-state index is -2.21. The quantitative estimate of drug-likeness (QED) is 0.356. The van der Waals surface area contributed by atoms with Gasteiger partial charge in [0.15, 0.2) is 11.5 Å². The number of allylic oxidation sites excluding steroid dienone is 2. The summed E-state index contributed by atoms with van der Waals surface area (Å²) in [4.78, 5) is 64.6. The van der Waals surface area contributed by atoms with Crippen LogP contribution >= 0.6 is 0 Å². The molecule has 1 spiro atoms. The van der Waals surface area contributed by atoms with Gasteiger partial charge in [0, 0.05) is 30.6 Å². The highest BCUT2D eigenvalue weighted by Crippen LogP contribution is 2.72. The molecule has 2 aliphatic heterocycles. The van der Waals surface area contributed by atoms with E-state index < -0.39 is 88.3 Å². The highest BCUT2D eigenvalue weighted by molar-refractivity contribution is 5.98. The average Bonchev–Trinajstić information content (AvgIpc) is 3.21. The molecule has 4 fully saturated rings. The maximum atomic E-state index is 13.4. The number of ether oxygens (including phenoxy) is 5. The maximum Gasteiger partial charge on any atom is 0.348 e. The Labute approximate surface area is 224 Å². The van der Waals surface area contributed by atoms with Gasteiger partial charge in [-0.3, -0.25) is 14.4 Å². The Hall–Kier alpha value is -2.83. The van der Waals surface area contributed by atoms with E-state index in [1.165, 1.54) is 0 Å². The van der Waals surface area contributed by atoms with E-state index in [1.54, 1.807) is 27.7 Å². The molecule has 5 unspecified atom stereocenters. The molecule has 0 aromatic heterocycles. The van der Waals surface area contributed by atoms with Gasteiger partial charge in [-0.1, -0.05) is 20.8 Å². The zero-order valence-electron chi connectivity index (χ0n) is 22.6. The van der Waals surface area contributed by atoms with E-state index in [9.17, 15) is 34.2 Å². The molecule has 5 rings (SSSR count). The van der Waals surface area contributed by atoms with E-state index in [0.29, 0.717) is 5.57 Å². The lowest BCUT2D eigenvalue weighted by Gasteiger charge is -2.67. The van der Waals surface area contributed by atoms with Crippen LogP contribution in [0.5, 0.6) is 0 Å². The van der Waals surface area contributed by atoms with Crippen molar-refractivity contribution in [2.45, 2.75) is 83.4 Å². The van der Waals surface area contributed by atoms with Crippen molar-refractivity contribution in [1.29, 1.82) is 0 Å². The minimum absolute atomic E-state index is 0.0638. The zero-order valence-corrected chi connectivity index (χ0v) is 22.6. The van der Waals surface area contributed by atoms with Crippen LogP contribution in [0.15, 0.2) is 11.3 Å². The Bertz CT molecular complexity index is 1180. The first kappa shape index (κ1) is 27.7. The summed E-state index contributed by atoms with van der Waals surface area (Å²) in [6.45, 7) is 6.39. The van der Waals surface area contributed by atoms with Gasteiger partial charge >= 0.3 is 23.9 Å². The first-order chi connectivity index (χ1) is 18.3. The summed E-state index contributed by atoms with van der Waals surface area (Å²) in [5, 5.41) is 23.3. The molecule has 12 nitrogen and oxygen atoms in total. The molecule has 5 aliphatic rings. The summed E-state index contributed by atoms with van der Waals surface area (Å²) in [6, 6.07) is 0. The second-order valence-corrected chi connectivity index (χ2v) is 11.5. The lowest BCUT2D eigenvalue weighted by molar-refractivity contribution is -0.290. The minimum Gasteiger partial charge on any atom is -0.467 e. The third-order valence-electron chi connectivity index (χ3n) is 9.87. The largest absolute Gasteiger partial charge is 0.467 e. The molecular formula is C27H34O12. The molecule has 2 heterocycles. The van der Waals surface area contributed by atoms with Gasteiger partial charge in [-0.15, -0.1) is 0 Å². The van der Waals surface area contributed by atoms with Crippen LogP contribution < -0.4 is 0 Å². The number of rotatable bonds is 5. The molecule has 0 radical (unpaired) electrons. The van der Waals surface area contributed by atoms with E-state index in [0.717, 1.165) is 7.11 Å². The van der Waals surface area contributed by atoms with Crippen molar-refractivity contribution in [3.63, 3.8) is 0 Å². The fraction of sp³-hybridized carbons (Fsp3) is 0.741. The Kier molecular flexibility index (Phi) is 6.47. The summed E-state index contributed by atoms with van der Waals surface area (Å²) in [5.74, 6) is -6.40. The lowest BCUT2D eigenvalue weighted by atomic mass is 9.38. The SMILES string of the molecule is CCC(=O)OC1=C(C)C2CC3OC(=O)[C@H](OC(=O)CC)C4[C@]35CO[C@@]4(C(=O)OC)[C@@H](O)C(O)C5[C@@]2(C)CC1=O. The van der Waals surface area contributed by atoms with Crippen LogP contribution in [0.2, 0.25) is 0 Å². The highest BCUT2D eigenvalue weighted by atomic mass is 16.6. The van der Waals surface area contributed by atoms with Crippen molar-refractivity contribution in [3.05, 3.63) is 11.3 Å². The van der Waals surface area contributed by atoms with Crippen molar-refractivity contribution in [2.24, 2.45) is 28.6 Å². The number of fused-ring (bicyclic) bond motifs is 2. The van der Waals surface area contributed by atoms with Gasteiger partial charge in [-0.2, -0.15) is 0 Å². The fourth-order valence-corrected chi connectivity index (χ4v) is 8.39. The highest BCUT2D eigenvalue weighted by Gasteiger charge is 2.85. The number of ketones is 1. The number of aliphatic hydroxyl groups excluding tert-OH is 2. The molecule has 2 saturated carbocycles. The summed E-state index contributed by atoms with van der Waals surface area (Å²) < 4.78 is 27.9. The number of methoxy groups -OCH3 is 1. The van der Waals surface area contributed by atoms with Gasteiger partial charge in [0.1, 0.15) is 12.2 Å². The van der Waals surface area contributed by atoms with E-state index >= 15 is 0 Å². The van der Waals surface area contributed by atoms with Crippen LogP contribution in [0.3, 0.4) is 0 Å². The van der Waals surface area contributed by atoms with E-state index in [4.69, 9.17) is 23.7 Å². The van der Waals surface area contributed by atoms with Crippen molar-refractivity contribution in [2.75, 3.05) is 13.7 Å². The molecule has 3 aliphatic carbocycles. The van der Waals surface area contributed by atoms with Gasteiger partial charge in [-0.05, 0) is 30.3 Å². The average molecular weight is 551 g/mol. The van der Waals surface area contributed by atoms with Crippen LogP contribution in [0.1, 0.15) is 53.4 Å². The van der Waals surface area contributed by atoms with Crippen molar-refractivity contribution < 1.29 is 57.9 Å². The monoisotopic (exact) mass is 550 g/mol. The van der Waals surface area contributed by atoms with E-state index in [2.05, 4.69) is 0 Å². The number of hydrogen-bond acceptors (Lipinski definition) is 12. The molecule has 214 valence electrons. The molecule has 0 aromatic rings. The van der Waals surface area contributed by atoms with E-state index in [-0.39, 0.29) is 38.0 Å². The third-order valence-corrected chi connectivity index (χ3v) is 9.87. The molecule has 12 heteroatoms. The van der Waals surface area contributed by atoms with E-state index in [1.807, 2.05) is 0 Å². The third kappa shape index (κ3) is 3.37. The Morgan fingerprint density at radius 2 is 1.74 bits per heavy atom. The Morgan fingerprint density at radius 3 is 2.36 bits per heavy atom. The van der Waals surface area contributed by atoms with Crippen LogP contribution in [0, 0.1) is 28.6 Å². The van der Waals surface area contributed by atoms with Crippen LogP contribution in [-0.2, 0) is 47.7 Å². The number of carbonyl (C=O) groups excluding carboxylic acids is 5. The summed E-state index contributed by atoms with van der Waals surface area (Å²) in [6.07, 6.45) is -6.00. The topological polar surface area (TPSA) is 172 Å². The fourth-order valence-electron chi connectivity index (χ4n) is 8.39. The second kappa shape index (κ2) is 9.10. The summed E-state index contributed by atoms with van der Waals surface area (Å²) >= 11 is 0. The standard InChI is InChI=1S/C27H34O12/c1-6-15(29)38-18-11(3)12-8-14-26-10-36-27(24(34)35-5,21(26)19(23(33)37-14)39-16(30)7-2)22(32)17(31)20(26)25(12,4)9-13(18)28/h12,14,17,19-22,31-32H,6-10H2,1-5H3/t12?,14?,17?,19-,20?,21?,22+,25+,26-,27-/m1/s1. The maximum absolute atomic E-state index is 13.4.